The largest absolute Gasteiger partial charge is 0.486 e. The molecule has 0 bridgehead atoms. The predicted octanol–water partition coefficient (Wildman–Crippen LogP) is 1.79. The third-order valence-corrected chi connectivity index (χ3v) is 3.63. The molecule has 0 spiro atoms. The van der Waals surface area contributed by atoms with Crippen LogP contribution in [0.1, 0.15) is 25.5 Å². The predicted molar refractivity (Wildman–Crippen MR) is 95.0 cm³/mol. The van der Waals surface area contributed by atoms with Gasteiger partial charge in [-0.1, -0.05) is 12.1 Å². The minimum Gasteiger partial charge on any atom is -0.486 e. The van der Waals surface area contributed by atoms with Crippen molar-refractivity contribution in [3.63, 3.8) is 0 Å². The molecule has 0 radical (unpaired) electrons. The molecular weight excluding hydrogens is 323 g/mol. The van der Waals surface area contributed by atoms with Crippen molar-refractivity contribution >= 4 is 5.96 Å². The second kappa shape index (κ2) is 9.00. The number of hydrogen-bond donors (Lipinski definition) is 2. The minimum atomic E-state index is -0.368. The molecule has 0 aliphatic carbocycles. The zero-order valence-corrected chi connectivity index (χ0v) is 15.1. The summed E-state index contributed by atoms with van der Waals surface area (Å²) in [6.45, 7) is 7.38. The quantitative estimate of drug-likeness (QED) is 0.589. The van der Waals surface area contributed by atoms with Crippen molar-refractivity contribution in [2.24, 2.45) is 12.0 Å². The van der Waals surface area contributed by atoms with Gasteiger partial charge in [-0.3, -0.25) is 0 Å². The number of ether oxygens (including phenoxy) is 1. The molecule has 1 heterocycles. The Morgan fingerprint density at radius 1 is 1.32 bits per heavy atom. The van der Waals surface area contributed by atoms with Gasteiger partial charge in [0.05, 0.1) is 6.54 Å². The maximum Gasteiger partial charge on any atom is 0.191 e. The Kier molecular flexibility index (Phi) is 6.73. The summed E-state index contributed by atoms with van der Waals surface area (Å²) in [6.07, 6.45) is -0.224. The van der Waals surface area contributed by atoms with Gasteiger partial charge in [0.2, 0.25) is 0 Å². The smallest absolute Gasteiger partial charge is 0.191 e. The first kappa shape index (κ1) is 18.7. The Balaban J connectivity index is 1.91. The van der Waals surface area contributed by atoms with Gasteiger partial charge in [-0.2, -0.15) is 0 Å². The number of rotatable bonds is 7. The average molecular weight is 348 g/mol. The molecule has 1 unspecified atom stereocenters. The molecule has 8 heteroatoms. The summed E-state index contributed by atoms with van der Waals surface area (Å²) >= 11 is 0. The summed E-state index contributed by atoms with van der Waals surface area (Å²) in [7, 11) is 1.91. The molecule has 0 fully saturated rings. The number of benzene rings is 1. The van der Waals surface area contributed by atoms with E-state index in [0.29, 0.717) is 19.0 Å². The van der Waals surface area contributed by atoms with Crippen LogP contribution in [0.2, 0.25) is 0 Å². The van der Waals surface area contributed by atoms with E-state index < -0.39 is 0 Å². The molecule has 0 saturated heterocycles. The summed E-state index contributed by atoms with van der Waals surface area (Å²) in [6, 6.07) is 6.37. The number of halogens is 1. The van der Waals surface area contributed by atoms with Gasteiger partial charge in [-0.25, -0.2) is 9.38 Å². The lowest BCUT2D eigenvalue weighted by Gasteiger charge is -2.18. The lowest BCUT2D eigenvalue weighted by Crippen LogP contribution is -2.41. The molecule has 136 valence electrons. The summed E-state index contributed by atoms with van der Waals surface area (Å²) < 4.78 is 21.1. The molecule has 2 aromatic rings. The fourth-order valence-electron chi connectivity index (χ4n) is 2.12. The van der Waals surface area contributed by atoms with Crippen LogP contribution in [0.25, 0.3) is 0 Å². The number of aliphatic imine (C=N–C) groups is 1. The van der Waals surface area contributed by atoms with Crippen molar-refractivity contribution < 1.29 is 9.13 Å². The third-order valence-electron chi connectivity index (χ3n) is 3.63. The molecule has 2 rings (SSSR count). The summed E-state index contributed by atoms with van der Waals surface area (Å²) in [5.74, 6) is 2.15. The average Bonchev–Trinajstić information content (AvgIpc) is 2.91. The lowest BCUT2D eigenvalue weighted by molar-refractivity contribution is 0.214. The molecule has 0 amide bonds. The Hall–Kier alpha value is -2.64. The second-order valence-corrected chi connectivity index (χ2v) is 5.66. The van der Waals surface area contributed by atoms with E-state index in [4.69, 9.17) is 4.74 Å². The maximum atomic E-state index is 13.6. The summed E-state index contributed by atoms with van der Waals surface area (Å²) in [5, 5.41) is 14.5. The van der Waals surface area contributed by atoms with Gasteiger partial charge in [0.15, 0.2) is 23.4 Å². The zero-order chi connectivity index (χ0) is 18.2. The second-order valence-electron chi connectivity index (χ2n) is 5.66. The van der Waals surface area contributed by atoms with Gasteiger partial charge in [0.1, 0.15) is 18.5 Å². The van der Waals surface area contributed by atoms with Gasteiger partial charge in [-0.05, 0) is 32.9 Å². The molecule has 0 aliphatic rings. The van der Waals surface area contributed by atoms with E-state index in [-0.39, 0.29) is 17.7 Å². The van der Waals surface area contributed by atoms with E-state index in [1.165, 1.54) is 6.07 Å². The number of nitrogens with one attached hydrogen (secondary N) is 2. The van der Waals surface area contributed by atoms with Crippen molar-refractivity contribution in [3.8, 4) is 5.75 Å². The number of hydrogen-bond acceptors (Lipinski definition) is 4. The Morgan fingerprint density at radius 2 is 2.08 bits per heavy atom. The first-order chi connectivity index (χ1) is 12.0. The zero-order valence-electron chi connectivity index (χ0n) is 15.1. The highest BCUT2D eigenvalue weighted by atomic mass is 19.1. The van der Waals surface area contributed by atoms with E-state index in [1.807, 2.05) is 32.4 Å². The van der Waals surface area contributed by atoms with Gasteiger partial charge < -0.3 is 19.9 Å². The number of para-hydroxylation sites is 1. The van der Waals surface area contributed by atoms with Crippen LogP contribution in [0.4, 0.5) is 4.39 Å². The van der Waals surface area contributed by atoms with Crippen LogP contribution in [-0.4, -0.2) is 39.9 Å². The number of aromatic nitrogens is 3. The van der Waals surface area contributed by atoms with E-state index in [0.717, 1.165) is 18.2 Å². The maximum absolute atomic E-state index is 13.6. The summed E-state index contributed by atoms with van der Waals surface area (Å²) in [4.78, 5) is 4.50. The molecule has 1 atom stereocenters. The van der Waals surface area contributed by atoms with Crippen LogP contribution in [-0.2, 0) is 13.6 Å². The van der Waals surface area contributed by atoms with E-state index >= 15 is 0 Å². The Morgan fingerprint density at radius 3 is 2.72 bits per heavy atom. The summed E-state index contributed by atoms with van der Waals surface area (Å²) in [5.41, 5.74) is 0. The monoisotopic (exact) mass is 348 g/mol. The van der Waals surface area contributed by atoms with Gasteiger partial charge >= 0.3 is 0 Å². The highest BCUT2D eigenvalue weighted by Crippen LogP contribution is 2.16. The number of nitrogens with zero attached hydrogens (tertiary/aromatic N) is 4. The standard InChI is InChI=1S/C17H25FN6O/c1-5-19-17(21-11-16-23-22-13(3)24(16)4)20-10-12(2)25-15-9-7-6-8-14(15)18/h6-9,12H,5,10-11H2,1-4H3,(H2,19,20,21). The molecule has 0 aliphatic heterocycles. The van der Waals surface area contributed by atoms with Gasteiger partial charge in [0, 0.05) is 13.6 Å². The van der Waals surface area contributed by atoms with E-state index in [9.17, 15) is 4.39 Å². The fourth-order valence-corrected chi connectivity index (χ4v) is 2.12. The Bertz CT molecular complexity index is 715. The molecule has 25 heavy (non-hydrogen) atoms. The molecule has 0 saturated carbocycles. The van der Waals surface area contributed by atoms with Crippen molar-refractivity contribution in [1.29, 1.82) is 0 Å². The highest BCUT2D eigenvalue weighted by molar-refractivity contribution is 5.79. The van der Waals surface area contributed by atoms with E-state index in [1.54, 1.807) is 18.2 Å². The molecule has 2 N–H and O–H groups in total. The highest BCUT2D eigenvalue weighted by Gasteiger charge is 2.09. The van der Waals surface area contributed by atoms with E-state index in [2.05, 4.69) is 25.8 Å². The van der Waals surface area contributed by atoms with Crippen LogP contribution in [0.3, 0.4) is 0 Å². The first-order valence-electron chi connectivity index (χ1n) is 8.29. The van der Waals surface area contributed by atoms with Crippen molar-refractivity contribution in [2.75, 3.05) is 13.1 Å². The van der Waals surface area contributed by atoms with Crippen LogP contribution in [0, 0.1) is 12.7 Å². The Labute approximate surface area is 147 Å². The van der Waals surface area contributed by atoms with Gasteiger partial charge in [-0.15, -0.1) is 10.2 Å². The van der Waals surface area contributed by atoms with Crippen molar-refractivity contribution in [3.05, 3.63) is 41.7 Å². The SMILES string of the molecule is CCNC(=NCc1nnc(C)n1C)NCC(C)Oc1ccccc1F. The van der Waals surface area contributed by atoms with Crippen molar-refractivity contribution in [2.45, 2.75) is 33.4 Å². The molecule has 1 aromatic heterocycles. The van der Waals surface area contributed by atoms with Crippen LogP contribution in [0.15, 0.2) is 29.3 Å². The van der Waals surface area contributed by atoms with Crippen LogP contribution < -0.4 is 15.4 Å². The van der Waals surface area contributed by atoms with Crippen LogP contribution in [0.5, 0.6) is 5.75 Å². The number of aryl methyl sites for hydroxylation is 1. The first-order valence-corrected chi connectivity index (χ1v) is 8.29. The van der Waals surface area contributed by atoms with Crippen LogP contribution >= 0.6 is 0 Å². The lowest BCUT2D eigenvalue weighted by atomic mass is 10.3. The fraction of sp³-hybridized carbons (Fsp3) is 0.471. The van der Waals surface area contributed by atoms with Crippen molar-refractivity contribution in [1.82, 2.24) is 25.4 Å². The molecule has 1 aromatic carbocycles. The molecular formula is C17H25FN6O. The minimum absolute atomic E-state index is 0.224. The topological polar surface area (TPSA) is 76.4 Å². The number of guanidine groups is 1. The molecule has 7 nitrogen and oxygen atoms in total. The third kappa shape index (κ3) is 5.44. The van der Waals surface area contributed by atoms with Gasteiger partial charge in [0.25, 0.3) is 0 Å². The normalized spacial score (nSPS) is 12.8.